The minimum absolute atomic E-state index is 0.356. The zero-order valence-electron chi connectivity index (χ0n) is 18.4. The second-order valence-electron chi connectivity index (χ2n) is 8.25. The maximum atomic E-state index is 12.1. The van der Waals surface area contributed by atoms with E-state index in [0.29, 0.717) is 18.2 Å². The summed E-state index contributed by atoms with van der Waals surface area (Å²) < 4.78 is 5.57. The van der Waals surface area contributed by atoms with Crippen LogP contribution in [0.5, 0.6) is 5.75 Å². The minimum Gasteiger partial charge on any atom is -0.410 e. The van der Waals surface area contributed by atoms with Crippen LogP contribution in [-0.2, 0) is 19.3 Å². The molecule has 0 aromatic heterocycles. The molecular weight excluding hydrogens is 358 g/mol. The monoisotopic (exact) mass is 395 g/mol. The van der Waals surface area contributed by atoms with Gasteiger partial charge >= 0.3 is 6.09 Å². The van der Waals surface area contributed by atoms with Crippen LogP contribution in [0.25, 0.3) is 0 Å². The van der Waals surface area contributed by atoms with Crippen molar-refractivity contribution in [2.24, 2.45) is 5.92 Å². The highest BCUT2D eigenvalue weighted by atomic mass is 16.6. The molecule has 0 aliphatic heterocycles. The molecule has 0 saturated heterocycles. The van der Waals surface area contributed by atoms with Gasteiger partial charge in [-0.3, -0.25) is 0 Å². The Morgan fingerprint density at radius 3 is 2.31 bits per heavy atom. The highest BCUT2D eigenvalue weighted by Gasteiger charge is 2.09. The number of nitrogens with one attached hydrogen (secondary N) is 1. The standard InChI is InChI=1S/C26H37NO2/c1-4-5-6-7-10-19-27-26(28)29-25-12-9-8-11-24(25)18-17-22-13-15-23(16-14-22)20-21(2)3/h8-9,11-16,21H,4-7,10,17-20H2,1-3H3,(H,27,28). The summed E-state index contributed by atoms with van der Waals surface area (Å²) in [5, 5.41) is 2.87. The van der Waals surface area contributed by atoms with Gasteiger partial charge in [-0.1, -0.05) is 88.9 Å². The molecule has 0 aliphatic rings. The molecule has 0 aliphatic carbocycles. The molecular formula is C26H37NO2. The predicted molar refractivity (Wildman–Crippen MR) is 122 cm³/mol. The van der Waals surface area contributed by atoms with Gasteiger partial charge < -0.3 is 10.1 Å². The van der Waals surface area contributed by atoms with Gasteiger partial charge in [0.1, 0.15) is 5.75 Å². The molecule has 0 bridgehead atoms. The molecule has 2 aromatic rings. The number of aryl methyl sites for hydroxylation is 2. The fourth-order valence-electron chi connectivity index (χ4n) is 3.46. The first-order valence-corrected chi connectivity index (χ1v) is 11.2. The van der Waals surface area contributed by atoms with Gasteiger partial charge in [-0.2, -0.15) is 0 Å². The van der Waals surface area contributed by atoms with Crippen LogP contribution in [-0.4, -0.2) is 12.6 Å². The first-order chi connectivity index (χ1) is 14.1. The topological polar surface area (TPSA) is 38.3 Å². The van der Waals surface area contributed by atoms with Crippen LogP contribution in [0.3, 0.4) is 0 Å². The summed E-state index contributed by atoms with van der Waals surface area (Å²) in [6.45, 7) is 7.36. The molecule has 0 radical (unpaired) electrons. The third-order valence-corrected chi connectivity index (χ3v) is 5.07. The predicted octanol–water partition coefficient (Wildman–Crippen LogP) is 6.73. The van der Waals surface area contributed by atoms with Crippen molar-refractivity contribution in [1.29, 1.82) is 0 Å². The summed E-state index contributed by atoms with van der Waals surface area (Å²) in [7, 11) is 0. The number of carbonyl (C=O) groups excluding carboxylic acids is 1. The number of ether oxygens (including phenoxy) is 1. The second kappa shape index (κ2) is 13.0. The Bertz CT molecular complexity index is 722. The van der Waals surface area contributed by atoms with E-state index in [4.69, 9.17) is 4.74 Å². The Hall–Kier alpha value is -2.29. The third-order valence-electron chi connectivity index (χ3n) is 5.07. The molecule has 1 amide bonds. The minimum atomic E-state index is -0.356. The van der Waals surface area contributed by atoms with E-state index in [1.165, 1.54) is 30.4 Å². The summed E-state index contributed by atoms with van der Waals surface area (Å²) in [4.78, 5) is 12.1. The van der Waals surface area contributed by atoms with Crippen molar-refractivity contribution in [3.05, 3.63) is 65.2 Å². The highest BCUT2D eigenvalue weighted by molar-refractivity contribution is 5.70. The zero-order chi connectivity index (χ0) is 20.9. The number of unbranched alkanes of at least 4 members (excludes halogenated alkanes) is 4. The third kappa shape index (κ3) is 9.17. The van der Waals surface area contributed by atoms with Gasteiger partial charge in [0.05, 0.1) is 0 Å². The average molecular weight is 396 g/mol. The van der Waals surface area contributed by atoms with E-state index in [9.17, 15) is 4.79 Å². The summed E-state index contributed by atoms with van der Waals surface area (Å²) in [6, 6.07) is 16.7. The molecule has 0 fully saturated rings. The number of hydrogen-bond donors (Lipinski definition) is 1. The SMILES string of the molecule is CCCCCCCNC(=O)Oc1ccccc1CCc1ccc(CC(C)C)cc1. The summed E-state index contributed by atoms with van der Waals surface area (Å²) in [5.41, 5.74) is 3.76. The van der Waals surface area contributed by atoms with Crippen molar-refractivity contribution in [3.8, 4) is 5.75 Å². The van der Waals surface area contributed by atoms with E-state index in [0.717, 1.165) is 37.7 Å². The van der Waals surface area contributed by atoms with Gasteiger partial charge in [-0.05, 0) is 54.4 Å². The van der Waals surface area contributed by atoms with Crippen molar-refractivity contribution < 1.29 is 9.53 Å². The first-order valence-electron chi connectivity index (χ1n) is 11.2. The van der Waals surface area contributed by atoms with Gasteiger partial charge in [-0.25, -0.2) is 4.79 Å². The van der Waals surface area contributed by atoms with Crippen LogP contribution >= 0.6 is 0 Å². The second-order valence-corrected chi connectivity index (χ2v) is 8.25. The summed E-state index contributed by atoms with van der Waals surface area (Å²) in [6.07, 6.45) is 8.42. The quantitative estimate of drug-likeness (QED) is 0.405. The number of hydrogen-bond acceptors (Lipinski definition) is 2. The molecule has 0 spiro atoms. The highest BCUT2D eigenvalue weighted by Crippen LogP contribution is 2.21. The Labute approximate surface area is 176 Å². The Balaban J connectivity index is 1.81. The molecule has 3 heteroatoms. The van der Waals surface area contributed by atoms with Crippen molar-refractivity contribution in [2.75, 3.05) is 6.54 Å². The molecule has 0 heterocycles. The van der Waals surface area contributed by atoms with E-state index >= 15 is 0 Å². The lowest BCUT2D eigenvalue weighted by Gasteiger charge is -2.11. The molecule has 1 N–H and O–H groups in total. The van der Waals surface area contributed by atoms with Gasteiger partial charge in [-0.15, -0.1) is 0 Å². The summed E-state index contributed by atoms with van der Waals surface area (Å²) in [5.74, 6) is 1.33. The molecule has 2 rings (SSSR count). The number of amides is 1. The van der Waals surface area contributed by atoms with Crippen LogP contribution in [0.4, 0.5) is 4.79 Å². The zero-order valence-corrected chi connectivity index (χ0v) is 18.4. The van der Waals surface area contributed by atoms with E-state index in [1.807, 2.05) is 24.3 Å². The number of para-hydroxylation sites is 1. The fourth-order valence-corrected chi connectivity index (χ4v) is 3.46. The van der Waals surface area contributed by atoms with Crippen LogP contribution in [0.1, 0.15) is 69.6 Å². The first kappa shape index (κ1) is 23.0. The average Bonchev–Trinajstić information content (AvgIpc) is 2.70. The van der Waals surface area contributed by atoms with E-state index in [1.54, 1.807) is 0 Å². The van der Waals surface area contributed by atoms with Crippen molar-refractivity contribution >= 4 is 6.09 Å². The van der Waals surface area contributed by atoms with E-state index in [2.05, 4.69) is 50.4 Å². The Morgan fingerprint density at radius 2 is 1.59 bits per heavy atom. The molecule has 3 nitrogen and oxygen atoms in total. The smallest absolute Gasteiger partial charge is 0.410 e. The molecule has 0 atom stereocenters. The van der Waals surface area contributed by atoms with Crippen LogP contribution in [0, 0.1) is 5.92 Å². The number of rotatable bonds is 12. The van der Waals surface area contributed by atoms with Gasteiger partial charge in [0.15, 0.2) is 0 Å². The molecule has 2 aromatic carbocycles. The van der Waals surface area contributed by atoms with Crippen LogP contribution < -0.4 is 10.1 Å². The molecule has 0 unspecified atom stereocenters. The maximum Gasteiger partial charge on any atom is 0.412 e. The lowest BCUT2D eigenvalue weighted by atomic mass is 9.99. The maximum absolute atomic E-state index is 12.1. The molecule has 29 heavy (non-hydrogen) atoms. The number of carbonyl (C=O) groups is 1. The summed E-state index contributed by atoms with van der Waals surface area (Å²) >= 11 is 0. The lowest BCUT2D eigenvalue weighted by Crippen LogP contribution is -2.28. The fraction of sp³-hybridized carbons (Fsp3) is 0.500. The van der Waals surface area contributed by atoms with Gasteiger partial charge in [0.25, 0.3) is 0 Å². The van der Waals surface area contributed by atoms with Gasteiger partial charge in [0, 0.05) is 6.54 Å². The normalized spacial score (nSPS) is 10.9. The molecule has 0 saturated carbocycles. The number of benzene rings is 2. The van der Waals surface area contributed by atoms with E-state index in [-0.39, 0.29) is 6.09 Å². The molecule has 158 valence electrons. The Kier molecular flexibility index (Phi) is 10.3. The van der Waals surface area contributed by atoms with E-state index < -0.39 is 0 Å². The van der Waals surface area contributed by atoms with Crippen molar-refractivity contribution in [3.63, 3.8) is 0 Å². The largest absolute Gasteiger partial charge is 0.412 e. The lowest BCUT2D eigenvalue weighted by molar-refractivity contribution is 0.200. The Morgan fingerprint density at radius 1 is 0.897 bits per heavy atom. The van der Waals surface area contributed by atoms with Crippen molar-refractivity contribution in [2.45, 2.75) is 72.1 Å². The van der Waals surface area contributed by atoms with Crippen molar-refractivity contribution in [1.82, 2.24) is 5.32 Å². The van der Waals surface area contributed by atoms with Crippen LogP contribution in [0.15, 0.2) is 48.5 Å². The van der Waals surface area contributed by atoms with Gasteiger partial charge in [0.2, 0.25) is 0 Å². The van der Waals surface area contributed by atoms with Crippen LogP contribution in [0.2, 0.25) is 0 Å².